The molecule has 8 nitrogen and oxygen atoms in total. The van der Waals surface area contributed by atoms with E-state index in [9.17, 15) is 14.9 Å². The lowest BCUT2D eigenvalue weighted by Gasteiger charge is -2.07. The predicted molar refractivity (Wildman–Crippen MR) is 175 cm³/mol. The maximum atomic E-state index is 13.1. The van der Waals surface area contributed by atoms with Crippen molar-refractivity contribution in [2.45, 2.75) is 0 Å². The number of allylic oxidation sites excluding steroid dienone is 1. The first kappa shape index (κ1) is 28.4. The quantitative estimate of drug-likeness (QED) is 0.178. The van der Waals surface area contributed by atoms with Gasteiger partial charge in [0.1, 0.15) is 17.5 Å². The summed E-state index contributed by atoms with van der Waals surface area (Å²) in [5, 5.41) is 16.0. The lowest BCUT2D eigenvalue weighted by atomic mass is 9.97. The summed E-state index contributed by atoms with van der Waals surface area (Å²) in [4.78, 5) is 38.0. The van der Waals surface area contributed by atoms with Crippen LogP contribution in [0, 0.1) is 17.9 Å². The highest BCUT2D eigenvalue weighted by atomic mass is 16.2. The first-order valence-corrected chi connectivity index (χ1v) is 14.0. The van der Waals surface area contributed by atoms with E-state index in [1.807, 2.05) is 72.8 Å². The van der Waals surface area contributed by atoms with Gasteiger partial charge in [0, 0.05) is 28.0 Å². The molecule has 0 atom stereocenters. The average Bonchev–Trinajstić information content (AvgIpc) is 3.62. The van der Waals surface area contributed by atoms with Gasteiger partial charge >= 0.3 is 0 Å². The van der Waals surface area contributed by atoms with E-state index in [2.05, 4.69) is 26.5 Å². The second kappa shape index (κ2) is 12.6. The average molecular weight is 585 g/mol. The molecule has 45 heavy (non-hydrogen) atoms. The normalized spacial score (nSPS) is 13.1. The summed E-state index contributed by atoms with van der Waals surface area (Å²) in [6.45, 7) is 8.05. The summed E-state index contributed by atoms with van der Waals surface area (Å²) < 4.78 is 0. The van der Waals surface area contributed by atoms with Crippen molar-refractivity contribution in [3.8, 4) is 17.2 Å². The van der Waals surface area contributed by atoms with Crippen LogP contribution in [0.25, 0.3) is 27.6 Å². The first-order chi connectivity index (χ1) is 22.1. The molecule has 0 bridgehead atoms. The number of anilines is 1. The lowest BCUT2D eigenvalue weighted by Crippen LogP contribution is -2.30. The highest BCUT2D eigenvalue weighted by molar-refractivity contribution is 6.22. The third kappa shape index (κ3) is 5.80. The number of rotatable bonds is 6. The summed E-state index contributed by atoms with van der Waals surface area (Å²) >= 11 is 0. The van der Waals surface area contributed by atoms with Crippen molar-refractivity contribution < 1.29 is 9.59 Å². The molecule has 3 N–H and O–H groups in total. The van der Waals surface area contributed by atoms with Crippen LogP contribution in [0.1, 0.15) is 32.0 Å². The number of amides is 2. The van der Waals surface area contributed by atoms with E-state index < -0.39 is 5.91 Å². The van der Waals surface area contributed by atoms with Gasteiger partial charge in [0.25, 0.3) is 11.8 Å². The number of carbonyl (C=O) groups excluding carboxylic acids is 2. The van der Waals surface area contributed by atoms with Gasteiger partial charge in [-0.05, 0) is 41.5 Å². The number of nitrogens with zero attached hydrogens (tertiary/aromatic N) is 3. The second-order valence-corrected chi connectivity index (χ2v) is 9.97. The van der Waals surface area contributed by atoms with E-state index in [4.69, 9.17) is 11.6 Å². The maximum absolute atomic E-state index is 13.1. The number of nitriles is 1. The van der Waals surface area contributed by atoms with Crippen LogP contribution in [-0.2, 0) is 0 Å². The third-order valence-electron chi connectivity index (χ3n) is 7.15. The van der Waals surface area contributed by atoms with Crippen LogP contribution in [0.2, 0.25) is 0 Å². The minimum absolute atomic E-state index is 0.118. The second-order valence-electron chi connectivity index (χ2n) is 9.97. The van der Waals surface area contributed by atoms with Gasteiger partial charge in [-0.15, -0.1) is 0 Å². The lowest BCUT2D eigenvalue weighted by molar-refractivity contribution is 0.0975. The predicted octanol–water partition coefficient (Wildman–Crippen LogP) is 7.65. The third-order valence-corrected chi connectivity index (χ3v) is 7.15. The van der Waals surface area contributed by atoms with Gasteiger partial charge in [0.05, 0.1) is 12.3 Å². The SMILES string of the molecule is [C-]#[N+]c1c(NC(=O)c2ccccc2)[nH]c(/C=C2\N=C(NC(=O)c3ccccc3)C(C#N)=C2c2ccccc2)c1-c1ccccc1. The highest BCUT2D eigenvalue weighted by Gasteiger charge is 2.28. The molecule has 0 fully saturated rings. The molecule has 2 heterocycles. The molecule has 0 aliphatic carbocycles. The molecule has 1 aliphatic rings. The monoisotopic (exact) mass is 584 g/mol. The summed E-state index contributed by atoms with van der Waals surface area (Å²) in [6.07, 6.45) is 1.73. The number of H-pyrrole nitrogens is 1. The molecule has 0 radical (unpaired) electrons. The standard InChI is InChI=1S/C37H24N6O2/c1-39-33-32(25-16-8-3-9-17-25)30(41-35(33)43-37(45)27-20-12-5-13-21-27)22-29-31(24-14-6-2-7-15-24)28(23-38)34(40-29)42-36(44)26-18-10-4-11-19-26/h2-22,41H,(H,43,45)(H,40,42,44)/b29-22-. The van der Waals surface area contributed by atoms with Crippen LogP contribution in [0.15, 0.2) is 138 Å². The van der Waals surface area contributed by atoms with Crippen molar-refractivity contribution in [3.63, 3.8) is 0 Å². The molecule has 8 heteroatoms. The zero-order valence-electron chi connectivity index (χ0n) is 23.8. The number of aromatic amines is 1. The van der Waals surface area contributed by atoms with Crippen molar-refractivity contribution in [3.05, 3.63) is 166 Å². The van der Waals surface area contributed by atoms with Gasteiger partial charge in [-0.3, -0.25) is 9.59 Å². The zero-order chi connectivity index (χ0) is 31.2. The van der Waals surface area contributed by atoms with Crippen LogP contribution in [0.3, 0.4) is 0 Å². The smallest absolute Gasteiger partial charge is 0.256 e. The summed E-state index contributed by atoms with van der Waals surface area (Å²) in [6, 6.07) is 38.3. The Balaban J connectivity index is 1.51. The fraction of sp³-hybridized carbons (Fsp3) is 0. The van der Waals surface area contributed by atoms with Crippen LogP contribution < -0.4 is 10.6 Å². The summed E-state index contributed by atoms with van der Waals surface area (Å²) in [5.41, 5.74) is 4.74. The van der Waals surface area contributed by atoms with Crippen molar-refractivity contribution in [1.29, 1.82) is 5.26 Å². The van der Waals surface area contributed by atoms with Crippen LogP contribution in [0.4, 0.5) is 11.5 Å². The minimum Gasteiger partial charge on any atom is -0.351 e. The Morgan fingerprint density at radius 1 is 0.756 bits per heavy atom. The molecule has 5 aromatic rings. The molecule has 4 aromatic carbocycles. The Morgan fingerprint density at radius 2 is 1.27 bits per heavy atom. The molecular weight excluding hydrogens is 560 g/mol. The van der Waals surface area contributed by atoms with Gasteiger partial charge in [-0.25, -0.2) is 9.84 Å². The van der Waals surface area contributed by atoms with Gasteiger partial charge in [0.2, 0.25) is 5.69 Å². The van der Waals surface area contributed by atoms with Crippen LogP contribution >= 0.6 is 0 Å². The Labute approximate surface area is 259 Å². The molecular formula is C37H24N6O2. The number of benzene rings is 4. The number of carbonyl (C=O) groups is 2. The molecule has 0 unspecified atom stereocenters. The van der Waals surface area contributed by atoms with Gasteiger partial charge in [-0.1, -0.05) is 97.1 Å². The highest BCUT2D eigenvalue weighted by Crippen LogP contribution is 2.43. The molecule has 2 amide bonds. The van der Waals surface area contributed by atoms with Crippen molar-refractivity contribution in [1.82, 2.24) is 10.3 Å². The van der Waals surface area contributed by atoms with Crippen molar-refractivity contribution in [2.24, 2.45) is 4.99 Å². The van der Waals surface area contributed by atoms with Crippen molar-refractivity contribution >= 4 is 40.8 Å². The van der Waals surface area contributed by atoms with E-state index in [1.54, 1.807) is 54.6 Å². The number of hydrogen-bond donors (Lipinski definition) is 3. The molecule has 214 valence electrons. The number of aliphatic imine (C=N–C) groups is 1. The van der Waals surface area contributed by atoms with Crippen LogP contribution in [0.5, 0.6) is 0 Å². The number of hydrogen-bond acceptors (Lipinski definition) is 4. The molecule has 0 saturated carbocycles. The molecule has 0 saturated heterocycles. The Bertz CT molecular complexity index is 2080. The Hall–Kier alpha value is -6.77. The fourth-order valence-corrected chi connectivity index (χ4v) is 5.08. The molecule has 1 aromatic heterocycles. The fourth-order valence-electron chi connectivity index (χ4n) is 5.08. The maximum Gasteiger partial charge on any atom is 0.256 e. The molecule has 1 aliphatic heterocycles. The largest absolute Gasteiger partial charge is 0.351 e. The van der Waals surface area contributed by atoms with Gasteiger partial charge < -0.3 is 15.6 Å². The van der Waals surface area contributed by atoms with Gasteiger partial charge in [0.15, 0.2) is 5.84 Å². The van der Waals surface area contributed by atoms with Crippen molar-refractivity contribution in [2.75, 3.05) is 5.32 Å². The van der Waals surface area contributed by atoms with E-state index in [-0.39, 0.29) is 28.8 Å². The number of amidine groups is 1. The van der Waals surface area contributed by atoms with E-state index in [0.29, 0.717) is 33.7 Å². The number of aromatic nitrogens is 1. The van der Waals surface area contributed by atoms with Gasteiger partial charge in [-0.2, -0.15) is 5.26 Å². The summed E-state index contributed by atoms with van der Waals surface area (Å²) in [7, 11) is 0. The number of nitrogens with one attached hydrogen (secondary N) is 3. The van der Waals surface area contributed by atoms with E-state index in [0.717, 1.165) is 11.1 Å². The minimum atomic E-state index is -0.401. The Kier molecular flexibility index (Phi) is 7.95. The molecule has 0 spiro atoms. The van der Waals surface area contributed by atoms with E-state index >= 15 is 0 Å². The molecule has 6 rings (SSSR count). The zero-order valence-corrected chi connectivity index (χ0v) is 23.8. The topological polar surface area (TPSA) is 114 Å². The Morgan fingerprint density at radius 3 is 1.80 bits per heavy atom. The first-order valence-electron chi connectivity index (χ1n) is 14.0. The van der Waals surface area contributed by atoms with E-state index in [1.165, 1.54) is 0 Å². The van der Waals surface area contributed by atoms with Crippen LogP contribution in [-0.4, -0.2) is 22.6 Å². The summed E-state index contributed by atoms with van der Waals surface area (Å²) in [5.74, 6) is -0.425.